The van der Waals surface area contributed by atoms with Crippen LogP contribution in [-0.2, 0) is 0 Å². The smallest absolute Gasteiger partial charge is 0.336 e. The maximum atomic E-state index is 12.9. The fourth-order valence-electron chi connectivity index (χ4n) is 1.26. The van der Waals surface area contributed by atoms with Gasteiger partial charge < -0.3 is 4.74 Å². The summed E-state index contributed by atoms with van der Waals surface area (Å²) < 4.78 is 43.3. The number of H-pyrrole nitrogens is 1. The summed E-state index contributed by atoms with van der Waals surface area (Å²) in [5, 5.41) is 8.05. The number of amides is 1. The molecule has 2 rings (SSSR count). The number of carbonyl (C=O) groups is 1. The molecule has 0 saturated heterocycles. The van der Waals surface area contributed by atoms with E-state index in [1.807, 2.05) is 0 Å². The van der Waals surface area contributed by atoms with E-state index in [0.717, 1.165) is 0 Å². The van der Waals surface area contributed by atoms with Gasteiger partial charge in [0.2, 0.25) is 5.95 Å². The van der Waals surface area contributed by atoms with Crippen LogP contribution in [0.5, 0.6) is 6.01 Å². The molecule has 2 N–H and O–H groups in total. The minimum absolute atomic E-state index is 0.0215. The topological polar surface area (TPSA) is 79.9 Å². The highest BCUT2D eigenvalue weighted by molar-refractivity contribution is 6.03. The number of anilines is 1. The highest BCUT2D eigenvalue weighted by atomic mass is 19.2. The van der Waals surface area contributed by atoms with Gasteiger partial charge in [-0.25, -0.2) is 18.3 Å². The molecule has 6 nitrogen and oxygen atoms in total. The molecule has 0 fully saturated rings. The van der Waals surface area contributed by atoms with Gasteiger partial charge in [0.15, 0.2) is 17.5 Å². The van der Waals surface area contributed by atoms with E-state index >= 15 is 0 Å². The quantitative estimate of drug-likeness (QED) is 0.829. The Hall–Kier alpha value is -2.58. The van der Waals surface area contributed by atoms with Crippen LogP contribution in [0, 0.1) is 17.5 Å². The van der Waals surface area contributed by atoms with Crippen LogP contribution < -0.4 is 10.1 Å². The zero-order chi connectivity index (χ0) is 14.0. The van der Waals surface area contributed by atoms with E-state index in [4.69, 9.17) is 0 Å². The molecule has 2 aromatic rings. The first kappa shape index (κ1) is 12.9. The minimum atomic E-state index is -1.64. The molecule has 0 radical (unpaired) electrons. The summed E-state index contributed by atoms with van der Waals surface area (Å²) in [5.41, 5.74) is -0.397. The van der Waals surface area contributed by atoms with Crippen molar-refractivity contribution < 1.29 is 22.7 Å². The predicted octanol–water partition coefficient (Wildman–Crippen LogP) is 1.48. The van der Waals surface area contributed by atoms with Crippen LogP contribution in [0.2, 0.25) is 0 Å². The number of nitrogens with zero attached hydrogens (tertiary/aromatic N) is 2. The molecule has 100 valence electrons. The van der Waals surface area contributed by atoms with Gasteiger partial charge in [0.25, 0.3) is 5.91 Å². The Kier molecular flexibility index (Phi) is 3.36. The van der Waals surface area contributed by atoms with Gasteiger partial charge in [-0.05, 0) is 12.1 Å². The normalized spacial score (nSPS) is 10.3. The number of halogens is 3. The predicted molar refractivity (Wildman–Crippen MR) is 57.2 cm³/mol. The van der Waals surface area contributed by atoms with Crippen LogP contribution in [0.4, 0.5) is 19.1 Å². The van der Waals surface area contributed by atoms with E-state index in [9.17, 15) is 18.0 Å². The van der Waals surface area contributed by atoms with Crippen molar-refractivity contribution in [3.05, 3.63) is 35.1 Å². The monoisotopic (exact) mass is 272 g/mol. The molecule has 1 heterocycles. The summed E-state index contributed by atoms with van der Waals surface area (Å²) in [6.07, 6.45) is 0. The van der Waals surface area contributed by atoms with Gasteiger partial charge >= 0.3 is 6.01 Å². The standard InChI is InChI=1S/C10H7F3N4O2/c1-19-10-15-9(16-17-10)14-8(18)4-2-5(11)7(13)6(12)3-4/h2-3H,1H3,(H2,14,15,16,17,18). The van der Waals surface area contributed by atoms with Crippen LogP contribution >= 0.6 is 0 Å². The molecule has 0 spiro atoms. The SMILES string of the molecule is COc1n[nH]c(NC(=O)c2cc(F)c(F)c(F)c2)n1. The molecule has 0 saturated carbocycles. The number of nitrogens with one attached hydrogen (secondary N) is 2. The number of carbonyl (C=O) groups excluding carboxylic acids is 1. The Bertz CT molecular complexity index is 606. The number of rotatable bonds is 3. The lowest BCUT2D eigenvalue weighted by molar-refractivity contribution is 0.102. The molecular weight excluding hydrogens is 265 g/mol. The van der Waals surface area contributed by atoms with Crippen molar-refractivity contribution in [1.29, 1.82) is 0 Å². The lowest BCUT2D eigenvalue weighted by Crippen LogP contribution is -2.14. The third-order valence-corrected chi connectivity index (χ3v) is 2.13. The lowest BCUT2D eigenvalue weighted by atomic mass is 10.2. The van der Waals surface area contributed by atoms with Gasteiger partial charge in [0.05, 0.1) is 7.11 Å². The van der Waals surface area contributed by atoms with Crippen molar-refractivity contribution in [1.82, 2.24) is 15.2 Å². The van der Waals surface area contributed by atoms with E-state index in [-0.39, 0.29) is 12.0 Å². The largest absolute Gasteiger partial charge is 0.466 e. The molecule has 9 heteroatoms. The number of aromatic amines is 1. The van der Waals surface area contributed by atoms with Crippen molar-refractivity contribution in [2.45, 2.75) is 0 Å². The number of aromatic nitrogens is 3. The summed E-state index contributed by atoms with van der Waals surface area (Å²) in [5.74, 6) is -5.51. The Balaban J connectivity index is 2.20. The van der Waals surface area contributed by atoms with Crippen molar-refractivity contribution in [3.8, 4) is 6.01 Å². The second-order valence-corrected chi connectivity index (χ2v) is 3.38. The second kappa shape index (κ2) is 4.96. The van der Waals surface area contributed by atoms with E-state index in [1.54, 1.807) is 0 Å². The van der Waals surface area contributed by atoms with E-state index in [2.05, 4.69) is 25.2 Å². The molecule has 1 aromatic heterocycles. The summed E-state index contributed by atoms with van der Waals surface area (Å²) in [6.45, 7) is 0. The van der Waals surface area contributed by atoms with Gasteiger partial charge in [-0.15, -0.1) is 5.10 Å². The summed E-state index contributed by atoms with van der Waals surface area (Å²) >= 11 is 0. The molecule has 0 unspecified atom stereocenters. The molecule has 19 heavy (non-hydrogen) atoms. The highest BCUT2D eigenvalue weighted by Gasteiger charge is 2.16. The Morgan fingerprint density at radius 1 is 1.32 bits per heavy atom. The van der Waals surface area contributed by atoms with Gasteiger partial charge in [-0.2, -0.15) is 4.98 Å². The van der Waals surface area contributed by atoms with Gasteiger partial charge in [-0.1, -0.05) is 0 Å². The van der Waals surface area contributed by atoms with E-state index in [0.29, 0.717) is 12.1 Å². The number of benzene rings is 1. The fourth-order valence-corrected chi connectivity index (χ4v) is 1.26. The molecule has 1 aromatic carbocycles. The van der Waals surface area contributed by atoms with Crippen LogP contribution in [0.15, 0.2) is 12.1 Å². The maximum Gasteiger partial charge on any atom is 0.336 e. The number of methoxy groups -OCH3 is 1. The number of hydrogen-bond acceptors (Lipinski definition) is 4. The number of ether oxygens (including phenoxy) is 1. The molecular formula is C10H7F3N4O2. The fraction of sp³-hybridized carbons (Fsp3) is 0.100. The van der Waals surface area contributed by atoms with Gasteiger partial charge in [-0.3, -0.25) is 10.1 Å². The van der Waals surface area contributed by atoms with Crippen molar-refractivity contribution in [2.75, 3.05) is 12.4 Å². The van der Waals surface area contributed by atoms with Gasteiger partial charge in [0, 0.05) is 5.56 Å². The Morgan fingerprint density at radius 2 is 1.95 bits per heavy atom. The summed E-state index contributed by atoms with van der Waals surface area (Å²) in [6, 6.07) is 1.12. The first-order chi connectivity index (χ1) is 9.01. The average Bonchev–Trinajstić information content (AvgIpc) is 2.83. The lowest BCUT2D eigenvalue weighted by Gasteiger charge is -2.02. The average molecular weight is 272 g/mol. The van der Waals surface area contributed by atoms with E-state index in [1.165, 1.54) is 7.11 Å². The minimum Gasteiger partial charge on any atom is -0.466 e. The van der Waals surface area contributed by atoms with Crippen molar-refractivity contribution in [3.63, 3.8) is 0 Å². The molecule has 0 aliphatic heterocycles. The Morgan fingerprint density at radius 3 is 2.47 bits per heavy atom. The van der Waals surface area contributed by atoms with Crippen LogP contribution in [0.25, 0.3) is 0 Å². The van der Waals surface area contributed by atoms with Crippen LogP contribution in [-0.4, -0.2) is 28.2 Å². The first-order valence-electron chi connectivity index (χ1n) is 4.93. The highest BCUT2D eigenvalue weighted by Crippen LogP contribution is 2.15. The molecule has 0 aliphatic rings. The molecule has 1 amide bonds. The molecule has 0 bridgehead atoms. The van der Waals surface area contributed by atoms with E-state index < -0.39 is 28.9 Å². The third-order valence-electron chi connectivity index (χ3n) is 2.13. The third kappa shape index (κ3) is 2.64. The maximum absolute atomic E-state index is 12.9. The van der Waals surface area contributed by atoms with Crippen molar-refractivity contribution >= 4 is 11.9 Å². The first-order valence-corrected chi connectivity index (χ1v) is 4.93. The summed E-state index contributed by atoms with van der Waals surface area (Å²) in [7, 11) is 1.32. The molecule has 0 atom stereocenters. The number of hydrogen-bond donors (Lipinski definition) is 2. The zero-order valence-corrected chi connectivity index (χ0v) is 9.50. The second-order valence-electron chi connectivity index (χ2n) is 3.38. The Labute approximate surface area is 104 Å². The van der Waals surface area contributed by atoms with Crippen LogP contribution in [0.1, 0.15) is 10.4 Å². The summed E-state index contributed by atoms with van der Waals surface area (Å²) in [4.78, 5) is 15.3. The van der Waals surface area contributed by atoms with Gasteiger partial charge in [0.1, 0.15) is 0 Å². The zero-order valence-electron chi connectivity index (χ0n) is 9.50. The molecule has 0 aliphatic carbocycles. The van der Waals surface area contributed by atoms with Crippen molar-refractivity contribution in [2.24, 2.45) is 0 Å². The van der Waals surface area contributed by atoms with Crippen LogP contribution in [0.3, 0.4) is 0 Å².